The second-order valence-corrected chi connectivity index (χ2v) is 4.70. The summed E-state index contributed by atoms with van der Waals surface area (Å²) in [5.41, 5.74) is 1.60. The summed E-state index contributed by atoms with van der Waals surface area (Å²) in [4.78, 5) is 24.2. The van der Waals surface area contributed by atoms with Gasteiger partial charge in [0.2, 0.25) is 0 Å². The van der Waals surface area contributed by atoms with Gasteiger partial charge >= 0.3 is 12.0 Å². The van der Waals surface area contributed by atoms with Crippen LogP contribution in [0.1, 0.15) is 12.0 Å². The molecule has 0 bridgehead atoms. The van der Waals surface area contributed by atoms with Crippen LogP contribution in [0.3, 0.4) is 0 Å². The Morgan fingerprint density at radius 3 is 2.79 bits per heavy atom. The first-order valence-corrected chi connectivity index (χ1v) is 6.02. The number of amides is 2. The maximum Gasteiger partial charge on any atom is 0.326 e. The second-order valence-electron chi connectivity index (χ2n) is 4.70. The van der Waals surface area contributed by atoms with E-state index in [0.29, 0.717) is 5.69 Å². The normalized spacial score (nSPS) is 22.3. The molecule has 1 aliphatic heterocycles. The zero-order valence-electron chi connectivity index (χ0n) is 10.5. The van der Waals surface area contributed by atoms with E-state index in [9.17, 15) is 14.7 Å². The van der Waals surface area contributed by atoms with Crippen LogP contribution in [0.2, 0.25) is 0 Å². The van der Waals surface area contributed by atoms with Crippen LogP contribution in [-0.4, -0.2) is 45.8 Å². The summed E-state index contributed by atoms with van der Waals surface area (Å²) in [7, 11) is 0. The highest BCUT2D eigenvalue weighted by molar-refractivity contribution is 5.92. The molecule has 2 unspecified atom stereocenters. The zero-order chi connectivity index (χ0) is 14.0. The Balaban J connectivity index is 2.09. The first-order valence-electron chi connectivity index (χ1n) is 6.02. The Morgan fingerprint density at radius 1 is 1.42 bits per heavy atom. The molecule has 0 radical (unpaired) electrons. The molecule has 6 nitrogen and oxygen atoms in total. The highest BCUT2D eigenvalue weighted by Crippen LogP contribution is 2.20. The predicted octanol–water partition coefficient (Wildman–Crippen LogP) is 1.05. The molecule has 2 rings (SSSR count). The monoisotopic (exact) mass is 264 g/mol. The van der Waals surface area contributed by atoms with Crippen LogP contribution in [0.4, 0.5) is 10.5 Å². The van der Waals surface area contributed by atoms with Gasteiger partial charge in [-0.2, -0.15) is 0 Å². The fourth-order valence-electron chi connectivity index (χ4n) is 2.19. The summed E-state index contributed by atoms with van der Waals surface area (Å²) in [5.74, 6) is -1.10. The van der Waals surface area contributed by atoms with Crippen LogP contribution < -0.4 is 5.32 Å². The van der Waals surface area contributed by atoms with E-state index in [0.717, 1.165) is 10.5 Å². The molecule has 0 spiro atoms. The van der Waals surface area contributed by atoms with Gasteiger partial charge in [-0.3, -0.25) is 0 Å². The molecule has 1 fully saturated rings. The Labute approximate surface area is 110 Å². The number of aliphatic hydroxyl groups excluding tert-OH is 1. The molecule has 0 aliphatic carbocycles. The Morgan fingerprint density at radius 2 is 2.16 bits per heavy atom. The van der Waals surface area contributed by atoms with E-state index in [1.54, 1.807) is 18.2 Å². The summed E-state index contributed by atoms with van der Waals surface area (Å²) >= 11 is 0. The molecular weight excluding hydrogens is 248 g/mol. The van der Waals surface area contributed by atoms with Gasteiger partial charge in [0.25, 0.3) is 0 Å². The number of hydrogen-bond donors (Lipinski definition) is 3. The lowest BCUT2D eigenvalue weighted by atomic mass is 10.2. The number of rotatable bonds is 2. The van der Waals surface area contributed by atoms with Crippen LogP contribution in [0.15, 0.2) is 24.3 Å². The van der Waals surface area contributed by atoms with Gasteiger partial charge < -0.3 is 20.4 Å². The number of carbonyl (C=O) groups is 2. The van der Waals surface area contributed by atoms with Gasteiger partial charge in [-0.25, -0.2) is 9.59 Å². The molecule has 0 aromatic heterocycles. The van der Waals surface area contributed by atoms with Crippen molar-refractivity contribution in [2.75, 3.05) is 11.9 Å². The molecule has 1 aromatic rings. The zero-order valence-corrected chi connectivity index (χ0v) is 10.5. The number of anilines is 1. The Kier molecular flexibility index (Phi) is 3.71. The minimum absolute atomic E-state index is 0.0363. The number of aliphatic hydroxyl groups is 1. The number of carboxylic acid groups (broad SMARTS) is 1. The number of nitrogens with one attached hydrogen (secondary N) is 1. The Hall–Kier alpha value is -2.08. The fraction of sp³-hybridized carbons (Fsp3) is 0.385. The van der Waals surface area contributed by atoms with Gasteiger partial charge in [0.15, 0.2) is 0 Å². The molecule has 102 valence electrons. The summed E-state index contributed by atoms with van der Waals surface area (Å²) in [5, 5.41) is 21.2. The van der Waals surface area contributed by atoms with E-state index in [2.05, 4.69) is 5.32 Å². The molecule has 1 aliphatic rings. The highest BCUT2D eigenvalue weighted by Gasteiger charge is 2.38. The van der Waals surface area contributed by atoms with Crippen molar-refractivity contribution in [3.8, 4) is 0 Å². The molecule has 6 heteroatoms. The minimum atomic E-state index is -1.10. The maximum absolute atomic E-state index is 12.0. The van der Waals surface area contributed by atoms with Crippen molar-refractivity contribution in [2.45, 2.75) is 25.5 Å². The lowest BCUT2D eigenvalue weighted by Gasteiger charge is -2.21. The number of hydrogen-bond acceptors (Lipinski definition) is 3. The topological polar surface area (TPSA) is 89.9 Å². The SMILES string of the molecule is Cc1cccc(NC(=O)N2CC(O)CC2C(=O)O)c1. The smallest absolute Gasteiger partial charge is 0.326 e. The number of urea groups is 1. The van der Waals surface area contributed by atoms with Crippen LogP contribution in [-0.2, 0) is 4.79 Å². The molecule has 2 amide bonds. The average molecular weight is 264 g/mol. The van der Waals surface area contributed by atoms with Gasteiger partial charge in [-0.15, -0.1) is 0 Å². The first-order chi connectivity index (χ1) is 8.97. The van der Waals surface area contributed by atoms with Gasteiger partial charge in [0.05, 0.1) is 6.10 Å². The average Bonchev–Trinajstić information content (AvgIpc) is 2.71. The summed E-state index contributed by atoms with van der Waals surface area (Å²) in [6, 6.07) is 5.75. The van der Waals surface area contributed by atoms with Gasteiger partial charge in [-0.1, -0.05) is 12.1 Å². The van der Waals surface area contributed by atoms with Crippen LogP contribution in [0.5, 0.6) is 0 Å². The third-order valence-corrected chi connectivity index (χ3v) is 3.09. The number of nitrogens with zero attached hydrogens (tertiary/aromatic N) is 1. The van der Waals surface area contributed by atoms with Crippen molar-refractivity contribution in [3.05, 3.63) is 29.8 Å². The van der Waals surface area contributed by atoms with Gasteiger partial charge in [-0.05, 0) is 24.6 Å². The van der Waals surface area contributed by atoms with E-state index in [1.807, 2.05) is 13.0 Å². The molecule has 19 heavy (non-hydrogen) atoms. The molecule has 1 heterocycles. The molecule has 2 atom stereocenters. The molecular formula is C13H16N2O4. The van der Waals surface area contributed by atoms with Gasteiger partial charge in [0.1, 0.15) is 6.04 Å². The largest absolute Gasteiger partial charge is 0.480 e. The lowest BCUT2D eigenvalue weighted by Crippen LogP contribution is -2.43. The van der Waals surface area contributed by atoms with Crippen LogP contribution in [0, 0.1) is 6.92 Å². The first kappa shape index (κ1) is 13.4. The molecule has 1 aromatic carbocycles. The van der Waals surface area contributed by atoms with Crippen molar-refractivity contribution < 1.29 is 19.8 Å². The number of carbonyl (C=O) groups excluding carboxylic acids is 1. The van der Waals surface area contributed by atoms with E-state index in [-0.39, 0.29) is 13.0 Å². The summed E-state index contributed by atoms with van der Waals surface area (Å²) in [6.45, 7) is 1.93. The quantitative estimate of drug-likeness (QED) is 0.744. The number of β-amino-alcohol motifs (C(OH)–C–C–N with tert-alkyl or cyclic N) is 1. The second kappa shape index (κ2) is 5.27. The highest BCUT2D eigenvalue weighted by atomic mass is 16.4. The molecule has 3 N–H and O–H groups in total. The maximum atomic E-state index is 12.0. The number of benzene rings is 1. The van der Waals surface area contributed by atoms with Gasteiger partial charge in [0, 0.05) is 18.7 Å². The number of carboxylic acids is 1. The number of likely N-dealkylation sites (tertiary alicyclic amines) is 1. The third-order valence-electron chi connectivity index (χ3n) is 3.09. The molecule has 0 saturated carbocycles. The standard InChI is InChI=1S/C13H16N2O4/c1-8-3-2-4-9(5-8)14-13(19)15-7-10(16)6-11(15)12(17)18/h2-5,10-11,16H,6-7H2,1H3,(H,14,19)(H,17,18). The minimum Gasteiger partial charge on any atom is -0.480 e. The van der Waals surface area contributed by atoms with E-state index < -0.39 is 24.1 Å². The number of aryl methyl sites for hydroxylation is 1. The van der Waals surface area contributed by atoms with Crippen LogP contribution >= 0.6 is 0 Å². The van der Waals surface area contributed by atoms with E-state index >= 15 is 0 Å². The summed E-state index contributed by atoms with van der Waals surface area (Å²) < 4.78 is 0. The Bertz CT molecular complexity index is 503. The third kappa shape index (κ3) is 3.03. The van der Waals surface area contributed by atoms with E-state index in [4.69, 9.17) is 5.11 Å². The lowest BCUT2D eigenvalue weighted by molar-refractivity contribution is -0.141. The van der Waals surface area contributed by atoms with Crippen molar-refractivity contribution in [1.82, 2.24) is 4.90 Å². The van der Waals surface area contributed by atoms with Crippen molar-refractivity contribution in [1.29, 1.82) is 0 Å². The van der Waals surface area contributed by atoms with Crippen molar-refractivity contribution in [3.63, 3.8) is 0 Å². The molecule has 1 saturated heterocycles. The van der Waals surface area contributed by atoms with Crippen molar-refractivity contribution in [2.24, 2.45) is 0 Å². The van der Waals surface area contributed by atoms with Crippen molar-refractivity contribution >= 4 is 17.7 Å². The predicted molar refractivity (Wildman–Crippen MR) is 69.0 cm³/mol. The van der Waals surface area contributed by atoms with Crippen LogP contribution in [0.25, 0.3) is 0 Å². The fourth-order valence-corrected chi connectivity index (χ4v) is 2.19. The summed E-state index contributed by atoms with van der Waals surface area (Å²) in [6.07, 6.45) is -0.722. The van der Waals surface area contributed by atoms with E-state index in [1.165, 1.54) is 0 Å². The number of aliphatic carboxylic acids is 1.